The second kappa shape index (κ2) is 4.62. The van der Waals surface area contributed by atoms with E-state index in [2.05, 4.69) is 23.2 Å². The summed E-state index contributed by atoms with van der Waals surface area (Å²) < 4.78 is 0.891. The lowest BCUT2D eigenvalue weighted by Crippen LogP contribution is -2.49. The summed E-state index contributed by atoms with van der Waals surface area (Å²) in [5.74, 6) is 0. The number of nitrogens with zero attached hydrogens (tertiary/aromatic N) is 1. The van der Waals surface area contributed by atoms with Gasteiger partial charge in [0.15, 0.2) is 0 Å². The van der Waals surface area contributed by atoms with Crippen molar-refractivity contribution in [3.8, 4) is 0 Å². The lowest BCUT2D eigenvalue weighted by atomic mass is 10.2. The zero-order valence-corrected chi connectivity index (χ0v) is 9.87. The second-order valence-electron chi connectivity index (χ2n) is 3.73. The van der Waals surface area contributed by atoms with E-state index in [0.717, 1.165) is 30.5 Å². The van der Waals surface area contributed by atoms with Crippen molar-refractivity contribution in [1.82, 2.24) is 10.2 Å². The molecule has 0 unspecified atom stereocenters. The summed E-state index contributed by atoms with van der Waals surface area (Å²) in [6.45, 7) is 6.64. The molecule has 0 radical (unpaired) electrons. The maximum absolute atomic E-state index is 5.90. The van der Waals surface area contributed by atoms with E-state index < -0.39 is 0 Å². The van der Waals surface area contributed by atoms with Gasteiger partial charge in [-0.1, -0.05) is 11.6 Å². The highest BCUT2D eigenvalue weighted by atomic mass is 35.5. The molecular formula is C10H15ClN2S. The fourth-order valence-electron chi connectivity index (χ4n) is 1.75. The lowest BCUT2D eigenvalue weighted by Gasteiger charge is -2.33. The van der Waals surface area contributed by atoms with Crippen molar-refractivity contribution in [1.29, 1.82) is 0 Å². The Kier molecular flexibility index (Phi) is 3.44. The number of rotatable bonds is 2. The molecule has 2 heterocycles. The van der Waals surface area contributed by atoms with Crippen LogP contribution in [0.1, 0.15) is 11.8 Å². The van der Waals surface area contributed by atoms with Crippen molar-refractivity contribution in [3.05, 3.63) is 21.3 Å². The molecule has 14 heavy (non-hydrogen) atoms. The minimum Gasteiger partial charge on any atom is -0.314 e. The topological polar surface area (TPSA) is 15.3 Å². The van der Waals surface area contributed by atoms with Crippen molar-refractivity contribution in [2.45, 2.75) is 19.5 Å². The van der Waals surface area contributed by atoms with Crippen LogP contribution in [0.2, 0.25) is 4.34 Å². The Balaban J connectivity index is 1.95. The predicted octanol–water partition coefficient (Wildman–Crippen LogP) is 2.20. The summed E-state index contributed by atoms with van der Waals surface area (Å²) in [7, 11) is 0. The normalized spacial score (nSPS) is 24.0. The number of halogens is 1. The standard InChI is InChI=1S/C10H15ClN2S/c1-8-6-12-4-5-13(8)7-9-2-3-10(11)14-9/h2-3,8,12H,4-7H2,1H3/t8-/m1/s1. The summed E-state index contributed by atoms with van der Waals surface area (Å²) in [6.07, 6.45) is 0. The van der Waals surface area contributed by atoms with Crippen LogP contribution in [0, 0.1) is 0 Å². The molecular weight excluding hydrogens is 216 g/mol. The molecule has 0 spiro atoms. The SMILES string of the molecule is C[C@@H]1CNCCN1Cc1ccc(Cl)s1. The van der Waals surface area contributed by atoms with Gasteiger partial charge in [-0.2, -0.15) is 0 Å². The summed E-state index contributed by atoms with van der Waals surface area (Å²) in [5, 5.41) is 3.39. The van der Waals surface area contributed by atoms with Crippen LogP contribution >= 0.6 is 22.9 Å². The average molecular weight is 231 g/mol. The monoisotopic (exact) mass is 230 g/mol. The second-order valence-corrected chi connectivity index (χ2v) is 5.53. The Morgan fingerprint density at radius 2 is 2.50 bits per heavy atom. The fourth-order valence-corrected chi connectivity index (χ4v) is 2.87. The van der Waals surface area contributed by atoms with Gasteiger partial charge < -0.3 is 5.32 Å². The van der Waals surface area contributed by atoms with Gasteiger partial charge in [0.25, 0.3) is 0 Å². The van der Waals surface area contributed by atoms with Gasteiger partial charge in [-0.05, 0) is 19.1 Å². The zero-order chi connectivity index (χ0) is 9.97. The van der Waals surface area contributed by atoms with E-state index in [1.54, 1.807) is 11.3 Å². The van der Waals surface area contributed by atoms with Crippen molar-refractivity contribution in [2.24, 2.45) is 0 Å². The molecule has 0 aliphatic carbocycles. The molecule has 1 aliphatic rings. The van der Waals surface area contributed by atoms with Crippen LogP contribution < -0.4 is 5.32 Å². The Hall–Kier alpha value is -0.0900. The van der Waals surface area contributed by atoms with E-state index in [9.17, 15) is 0 Å². The summed E-state index contributed by atoms with van der Waals surface area (Å²) in [6, 6.07) is 4.74. The first-order valence-corrected chi connectivity index (χ1v) is 6.14. The number of nitrogens with one attached hydrogen (secondary N) is 1. The molecule has 2 nitrogen and oxygen atoms in total. The molecule has 0 saturated carbocycles. The van der Waals surface area contributed by atoms with Gasteiger partial charge in [-0.3, -0.25) is 4.90 Å². The predicted molar refractivity (Wildman–Crippen MR) is 62.1 cm³/mol. The maximum atomic E-state index is 5.90. The van der Waals surface area contributed by atoms with E-state index >= 15 is 0 Å². The van der Waals surface area contributed by atoms with Gasteiger partial charge in [-0.25, -0.2) is 0 Å². The van der Waals surface area contributed by atoms with E-state index in [0.29, 0.717) is 6.04 Å². The lowest BCUT2D eigenvalue weighted by molar-refractivity contribution is 0.167. The minimum atomic E-state index is 0.629. The van der Waals surface area contributed by atoms with Crippen LogP contribution in [0.15, 0.2) is 12.1 Å². The van der Waals surface area contributed by atoms with Crippen molar-refractivity contribution in [2.75, 3.05) is 19.6 Å². The molecule has 78 valence electrons. The highest BCUT2D eigenvalue weighted by Crippen LogP contribution is 2.23. The summed E-state index contributed by atoms with van der Waals surface area (Å²) in [4.78, 5) is 3.86. The number of piperazine rings is 1. The van der Waals surface area contributed by atoms with Crippen LogP contribution in [0.25, 0.3) is 0 Å². The van der Waals surface area contributed by atoms with E-state index in [4.69, 9.17) is 11.6 Å². The van der Waals surface area contributed by atoms with Crippen molar-refractivity contribution >= 4 is 22.9 Å². The first-order valence-electron chi connectivity index (χ1n) is 4.94. The van der Waals surface area contributed by atoms with Gasteiger partial charge in [0.05, 0.1) is 4.34 Å². The number of hydrogen-bond acceptors (Lipinski definition) is 3. The third-order valence-corrected chi connectivity index (χ3v) is 3.84. The highest BCUT2D eigenvalue weighted by molar-refractivity contribution is 7.16. The van der Waals surface area contributed by atoms with Gasteiger partial charge in [0.2, 0.25) is 0 Å². The van der Waals surface area contributed by atoms with Crippen molar-refractivity contribution < 1.29 is 0 Å². The number of thiophene rings is 1. The average Bonchev–Trinajstić information content (AvgIpc) is 2.56. The van der Waals surface area contributed by atoms with Crippen LogP contribution in [0.4, 0.5) is 0 Å². The van der Waals surface area contributed by atoms with Crippen LogP contribution in [0.3, 0.4) is 0 Å². The first kappa shape index (κ1) is 10.4. The van der Waals surface area contributed by atoms with E-state index in [1.807, 2.05) is 6.07 Å². The summed E-state index contributed by atoms with van der Waals surface area (Å²) in [5.41, 5.74) is 0. The van der Waals surface area contributed by atoms with Gasteiger partial charge in [0, 0.05) is 37.1 Å². The molecule has 4 heteroatoms. The smallest absolute Gasteiger partial charge is 0.0931 e. The van der Waals surface area contributed by atoms with Crippen LogP contribution in [0.5, 0.6) is 0 Å². The van der Waals surface area contributed by atoms with Gasteiger partial charge in [-0.15, -0.1) is 11.3 Å². The molecule has 1 aliphatic heterocycles. The zero-order valence-electron chi connectivity index (χ0n) is 8.29. The van der Waals surface area contributed by atoms with Crippen LogP contribution in [-0.4, -0.2) is 30.6 Å². The molecule has 1 aromatic heterocycles. The Labute approximate surface area is 93.9 Å². The molecule has 1 N–H and O–H groups in total. The third kappa shape index (κ3) is 2.48. The maximum Gasteiger partial charge on any atom is 0.0931 e. The molecule has 0 bridgehead atoms. The van der Waals surface area contributed by atoms with Gasteiger partial charge >= 0.3 is 0 Å². The Morgan fingerprint density at radius 3 is 3.14 bits per heavy atom. The first-order chi connectivity index (χ1) is 6.75. The van der Waals surface area contributed by atoms with E-state index in [1.165, 1.54) is 4.88 Å². The van der Waals surface area contributed by atoms with E-state index in [-0.39, 0.29) is 0 Å². The molecule has 0 aromatic carbocycles. The van der Waals surface area contributed by atoms with Gasteiger partial charge in [0.1, 0.15) is 0 Å². The summed E-state index contributed by atoms with van der Waals surface area (Å²) >= 11 is 7.59. The minimum absolute atomic E-state index is 0.629. The Bertz CT molecular complexity index is 300. The molecule has 1 aromatic rings. The molecule has 1 saturated heterocycles. The van der Waals surface area contributed by atoms with Crippen molar-refractivity contribution in [3.63, 3.8) is 0 Å². The molecule has 0 amide bonds. The third-order valence-electron chi connectivity index (χ3n) is 2.63. The molecule has 2 rings (SSSR count). The molecule has 1 fully saturated rings. The highest BCUT2D eigenvalue weighted by Gasteiger charge is 2.18. The number of hydrogen-bond donors (Lipinski definition) is 1. The fraction of sp³-hybridized carbons (Fsp3) is 0.600. The van der Waals surface area contributed by atoms with Crippen LogP contribution in [-0.2, 0) is 6.54 Å². The quantitative estimate of drug-likeness (QED) is 0.838. The molecule has 1 atom stereocenters. The Morgan fingerprint density at radius 1 is 1.64 bits per heavy atom. The largest absolute Gasteiger partial charge is 0.314 e.